The van der Waals surface area contributed by atoms with Crippen LogP contribution in [0.15, 0.2) is 48.0 Å². The van der Waals surface area contributed by atoms with Crippen molar-refractivity contribution in [3.8, 4) is 11.3 Å². The molecule has 1 amide bonds. The van der Waals surface area contributed by atoms with Crippen LogP contribution in [0.25, 0.3) is 22.3 Å². The maximum Gasteiger partial charge on any atom is 0.244 e. The van der Waals surface area contributed by atoms with Crippen LogP contribution in [0.1, 0.15) is 31.4 Å². The second kappa shape index (κ2) is 9.57. The number of rotatable bonds is 5. The summed E-state index contributed by atoms with van der Waals surface area (Å²) in [5, 5.41) is 5.25. The topological polar surface area (TPSA) is 52.9 Å². The second-order valence-corrected chi connectivity index (χ2v) is 9.83. The standard InChI is InChI=1S/C25H31N5OS/c1-28-13-15-29(16-14-28)21-9-7-20(8-10-21)26-23(31)12-11-22-24(19-5-3-2-4-6-19)27-25-30(22)17-18-32-25/h2-6,11-12,17-18,20-21H,7-10,13-16H2,1H3,(H,26,31). The molecule has 1 saturated heterocycles. The summed E-state index contributed by atoms with van der Waals surface area (Å²) >= 11 is 1.60. The van der Waals surface area contributed by atoms with Crippen molar-refractivity contribution in [3.05, 3.63) is 53.7 Å². The van der Waals surface area contributed by atoms with E-state index >= 15 is 0 Å². The lowest BCUT2D eigenvalue weighted by Gasteiger charge is -2.41. The summed E-state index contributed by atoms with van der Waals surface area (Å²) in [6, 6.07) is 11.1. The number of nitrogens with zero attached hydrogens (tertiary/aromatic N) is 4. The average Bonchev–Trinajstić information content (AvgIpc) is 3.41. The zero-order valence-corrected chi connectivity index (χ0v) is 19.4. The van der Waals surface area contributed by atoms with Crippen LogP contribution in [0, 0.1) is 0 Å². The first kappa shape index (κ1) is 21.4. The number of thiazole rings is 1. The van der Waals surface area contributed by atoms with Crippen molar-refractivity contribution in [2.45, 2.75) is 37.8 Å². The molecule has 3 heterocycles. The van der Waals surface area contributed by atoms with Gasteiger partial charge in [-0.25, -0.2) is 4.98 Å². The summed E-state index contributed by atoms with van der Waals surface area (Å²) in [6.45, 7) is 4.68. The third-order valence-electron chi connectivity index (χ3n) is 6.84. The number of piperazine rings is 1. The van der Waals surface area contributed by atoms with Crippen LogP contribution in [0.4, 0.5) is 0 Å². The lowest BCUT2D eigenvalue weighted by atomic mass is 9.89. The first-order valence-electron chi connectivity index (χ1n) is 11.6. The molecule has 6 nitrogen and oxygen atoms in total. The summed E-state index contributed by atoms with van der Waals surface area (Å²) in [5.41, 5.74) is 2.92. The van der Waals surface area contributed by atoms with Crippen LogP contribution in [0.2, 0.25) is 0 Å². The van der Waals surface area contributed by atoms with Crippen LogP contribution in [0.5, 0.6) is 0 Å². The van der Waals surface area contributed by atoms with Gasteiger partial charge in [-0.05, 0) is 38.8 Å². The van der Waals surface area contributed by atoms with E-state index in [0.29, 0.717) is 6.04 Å². The molecule has 2 aromatic heterocycles. The van der Waals surface area contributed by atoms with Crippen molar-refractivity contribution in [1.82, 2.24) is 24.5 Å². The summed E-state index contributed by atoms with van der Waals surface area (Å²) < 4.78 is 2.05. The normalized spacial score (nSPS) is 23.2. The van der Waals surface area contributed by atoms with E-state index in [0.717, 1.165) is 34.8 Å². The number of aromatic nitrogens is 2. The van der Waals surface area contributed by atoms with Crippen LogP contribution < -0.4 is 5.32 Å². The number of carbonyl (C=O) groups excluding carboxylic acids is 1. The summed E-state index contributed by atoms with van der Waals surface area (Å²) in [6.07, 6.45) is 10.1. The van der Waals surface area contributed by atoms with Crippen molar-refractivity contribution in [2.75, 3.05) is 33.2 Å². The SMILES string of the molecule is CN1CCN(C2CCC(NC(=O)C=Cc3c(-c4ccccc4)nc4sccn34)CC2)CC1. The predicted octanol–water partition coefficient (Wildman–Crippen LogP) is 3.75. The number of carbonyl (C=O) groups is 1. The van der Waals surface area contributed by atoms with E-state index in [1.807, 2.05) is 35.9 Å². The summed E-state index contributed by atoms with van der Waals surface area (Å²) in [4.78, 5) is 23.5. The molecule has 0 bridgehead atoms. The minimum atomic E-state index is -0.0164. The minimum Gasteiger partial charge on any atom is -0.350 e. The fourth-order valence-corrected chi connectivity index (χ4v) is 5.67. The van der Waals surface area contributed by atoms with Gasteiger partial charge in [0.05, 0.1) is 11.4 Å². The number of imidazole rings is 1. The first-order valence-corrected chi connectivity index (χ1v) is 12.5. The van der Waals surface area contributed by atoms with Gasteiger partial charge in [-0.15, -0.1) is 11.3 Å². The third-order valence-corrected chi connectivity index (χ3v) is 7.59. The number of fused-ring (bicyclic) bond motifs is 1. The van der Waals surface area contributed by atoms with Crippen LogP contribution in [-0.4, -0.2) is 70.4 Å². The summed E-state index contributed by atoms with van der Waals surface area (Å²) in [5.74, 6) is -0.0164. The fourth-order valence-electron chi connectivity index (χ4n) is 4.95. The number of benzene rings is 1. The highest BCUT2D eigenvalue weighted by atomic mass is 32.1. The van der Waals surface area contributed by atoms with E-state index in [1.165, 1.54) is 39.0 Å². The first-order chi connectivity index (χ1) is 15.7. The maximum absolute atomic E-state index is 12.7. The third kappa shape index (κ3) is 4.65. The highest BCUT2D eigenvalue weighted by Crippen LogP contribution is 2.28. The summed E-state index contributed by atoms with van der Waals surface area (Å²) in [7, 11) is 2.20. The molecule has 1 aromatic carbocycles. The largest absolute Gasteiger partial charge is 0.350 e. The van der Waals surface area contributed by atoms with Gasteiger partial charge in [0, 0.05) is 61.5 Å². The molecule has 0 spiro atoms. The van der Waals surface area contributed by atoms with Gasteiger partial charge in [-0.2, -0.15) is 0 Å². The van der Waals surface area contributed by atoms with Gasteiger partial charge in [-0.3, -0.25) is 14.1 Å². The Morgan fingerprint density at radius 1 is 1.09 bits per heavy atom. The van der Waals surface area contributed by atoms with Gasteiger partial charge >= 0.3 is 0 Å². The monoisotopic (exact) mass is 449 g/mol. The molecule has 32 heavy (non-hydrogen) atoms. The van der Waals surface area contributed by atoms with Crippen molar-refractivity contribution in [1.29, 1.82) is 0 Å². The maximum atomic E-state index is 12.7. The van der Waals surface area contributed by atoms with Gasteiger partial charge in [0.15, 0.2) is 4.96 Å². The van der Waals surface area contributed by atoms with Crippen LogP contribution >= 0.6 is 11.3 Å². The Labute approximate surface area is 193 Å². The average molecular weight is 450 g/mol. The molecule has 3 aromatic rings. The number of likely N-dealkylation sites (N-methyl/N-ethyl adjacent to an activating group) is 1. The number of amides is 1. The molecule has 5 rings (SSSR count). The van der Waals surface area contributed by atoms with Gasteiger partial charge in [0.2, 0.25) is 5.91 Å². The molecule has 1 aliphatic heterocycles. The van der Waals surface area contributed by atoms with Crippen molar-refractivity contribution < 1.29 is 4.79 Å². The lowest BCUT2D eigenvalue weighted by molar-refractivity contribution is -0.117. The van der Waals surface area contributed by atoms with Gasteiger partial charge in [-0.1, -0.05) is 30.3 Å². The Bertz CT molecular complexity index is 1070. The van der Waals surface area contributed by atoms with Crippen LogP contribution in [0.3, 0.4) is 0 Å². The molecule has 2 aliphatic rings. The predicted molar refractivity (Wildman–Crippen MR) is 131 cm³/mol. The number of hydrogen-bond donors (Lipinski definition) is 1. The highest BCUT2D eigenvalue weighted by molar-refractivity contribution is 7.15. The molecule has 0 unspecified atom stereocenters. The van der Waals surface area contributed by atoms with Crippen molar-refractivity contribution >= 4 is 28.3 Å². The van der Waals surface area contributed by atoms with Gasteiger partial charge in [0.25, 0.3) is 0 Å². The Hall–Kier alpha value is -2.48. The van der Waals surface area contributed by atoms with E-state index in [2.05, 4.69) is 38.7 Å². The molecular formula is C25H31N5OS. The smallest absolute Gasteiger partial charge is 0.244 e. The lowest BCUT2D eigenvalue weighted by Crippen LogP contribution is -2.51. The van der Waals surface area contributed by atoms with Crippen LogP contribution in [-0.2, 0) is 4.79 Å². The van der Waals surface area contributed by atoms with Crippen molar-refractivity contribution in [2.24, 2.45) is 0 Å². The molecule has 7 heteroatoms. The quantitative estimate of drug-likeness (QED) is 0.603. The van der Waals surface area contributed by atoms with E-state index in [4.69, 9.17) is 4.98 Å². The molecule has 1 saturated carbocycles. The van der Waals surface area contributed by atoms with E-state index in [1.54, 1.807) is 17.4 Å². The van der Waals surface area contributed by atoms with E-state index < -0.39 is 0 Å². The zero-order chi connectivity index (χ0) is 21.9. The highest BCUT2D eigenvalue weighted by Gasteiger charge is 2.28. The van der Waals surface area contributed by atoms with E-state index in [9.17, 15) is 4.79 Å². The molecule has 0 radical (unpaired) electrons. The second-order valence-electron chi connectivity index (χ2n) is 8.95. The van der Waals surface area contributed by atoms with Gasteiger partial charge in [0.1, 0.15) is 0 Å². The number of nitrogens with one attached hydrogen (secondary N) is 1. The Balaban J connectivity index is 1.21. The number of hydrogen-bond acceptors (Lipinski definition) is 5. The zero-order valence-electron chi connectivity index (χ0n) is 18.6. The molecule has 0 atom stereocenters. The molecule has 1 aliphatic carbocycles. The molecule has 1 N–H and O–H groups in total. The van der Waals surface area contributed by atoms with E-state index in [-0.39, 0.29) is 11.9 Å². The van der Waals surface area contributed by atoms with Crippen molar-refractivity contribution in [3.63, 3.8) is 0 Å². The fraction of sp³-hybridized carbons (Fsp3) is 0.440. The Morgan fingerprint density at radius 2 is 1.84 bits per heavy atom. The van der Waals surface area contributed by atoms with Gasteiger partial charge < -0.3 is 10.2 Å². The Morgan fingerprint density at radius 3 is 2.59 bits per heavy atom. The Kier molecular flexibility index (Phi) is 6.39. The molecule has 2 fully saturated rings. The molecule has 168 valence electrons. The molecular weight excluding hydrogens is 418 g/mol. The minimum absolute atomic E-state index is 0.0164.